The number of urea groups is 1. The van der Waals surface area contributed by atoms with Crippen molar-refractivity contribution in [2.75, 3.05) is 6.54 Å². The molecule has 1 aliphatic heterocycles. The van der Waals surface area contributed by atoms with E-state index in [9.17, 15) is 4.79 Å². The summed E-state index contributed by atoms with van der Waals surface area (Å²) < 4.78 is 5.41. The number of aromatic nitrogens is 1. The van der Waals surface area contributed by atoms with Gasteiger partial charge in [0, 0.05) is 24.6 Å². The van der Waals surface area contributed by atoms with Crippen LogP contribution >= 0.6 is 0 Å². The monoisotopic (exact) mass is 305 g/mol. The first-order valence-corrected chi connectivity index (χ1v) is 8.69. The number of rotatable bonds is 3. The lowest BCUT2D eigenvalue weighted by atomic mass is 9.96. The number of likely N-dealkylation sites (tertiary alicyclic amines) is 1. The van der Waals surface area contributed by atoms with Gasteiger partial charge in [-0.25, -0.2) is 4.79 Å². The first-order chi connectivity index (χ1) is 10.6. The van der Waals surface area contributed by atoms with Crippen molar-refractivity contribution in [3.63, 3.8) is 0 Å². The quantitative estimate of drug-likeness (QED) is 0.919. The summed E-state index contributed by atoms with van der Waals surface area (Å²) in [6.45, 7) is 4.99. The van der Waals surface area contributed by atoms with Crippen molar-refractivity contribution >= 4 is 6.03 Å². The fourth-order valence-electron chi connectivity index (χ4n) is 3.55. The van der Waals surface area contributed by atoms with Crippen molar-refractivity contribution in [2.24, 2.45) is 0 Å². The number of carbonyl (C=O) groups excluding carboxylic acids is 1. The molecule has 1 aromatic rings. The standard InChI is InChI=1S/C17H27N3O2/c1-12(2)16-11-14(19-22-16)15-9-6-10-20(15)17(21)18-13-7-4-3-5-8-13/h11-13,15H,3-10H2,1-2H3,(H,18,21). The highest BCUT2D eigenvalue weighted by atomic mass is 16.5. The van der Waals surface area contributed by atoms with Crippen LogP contribution in [0.1, 0.15) is 82.2 Å². The van der Waals surface area contributed by atoms with Gasteiger partial charge in [0.15, 0.2) is 0 Å². The third kappa shape index (κ3) is 3.28. The highest BCUT2D eigenvalue weighted by Gasteiger charge is 2.33. The van der Waals surface area contributed by atoms with Crippen LogP contribution in [0.2, 0.25) is 0 Å². The van der Waals surface area contributed by atoms with Crippen LogP contribution in [0.4, 0.5) is 4.79 Å². The number of nitrogens with one attached hydrogen (secondary N) is 1. The predicted molar refractivity (Wildman–Crippen MR) is 84.7 cm³/mol. The molecule has 1 aliphatic carbocycles. The second kappa shape index (κ2) is 6.71. The summed E-state index contributed by atoms with van der Waals surface area (Å²) in [6.07, 6.45) is 8.01. The Bertz CT molecular complexity index is 506. The molecule has 2 aliphatic rings. The molecule has 2 heterocycles. The van der Waals surface area contributed by atoms with E-state index >= 15 is 0 Å². The number of hydrogen-bond acceptors (Lipinski definition) is 3. The van der Waals surface area contributed by atoms with Gasteiger partial charge in [0.05, 0.1) is 6.04 Å². The topological polar surface area (TPSA) is 58.4 Å². The molecule has 1 saturated heterocycles. The van der Waals surface area contributed by atoms with Gasteiger partial charge in [-0.1, -0.05) is 38.3 Å². The zero-order valence-corrected chi connectivity index (χ0v) is 13.7. The smallest absolute Gasteiger partial charge is 0.318 e. The van der Waals surface area contributed by atoms with Crippen LogP contribution in [0.5, 0.6) is 0 Å². The molecule has 1 unspecified atom stereocenters. The van der Waals surface area contributed by atoms with E-state index in [-0.39, 0.29) is 12.1 Å². The fraction of sp³-hybridized carbons (Fsp3) is 0.765. The molecule has 1 atom stereocenters. The Kier molecular flexibility index (Phi) is 4.69. The van der Waals surface area contributed by atoms with Crippen molar-refractivity contribution in [3.8, 4) is 0 Å². The third-order valence-corrected chi connectivity index (χ3v) is 4.90. The number of amides is 2. The van der Waals surface area contributed by atoms with Gasteiger partial charge in [-0.3, -0.25) is 0 Å². The molecule has 1 saturated carbocycles. The van der Waals surface area contributed by atoms with Gasteiger partial charge in [-0.15, -0.1) is 0 Å². The van der Waals surface area contributed by atoms with Gasteiger partial charge in [0.1, 0.15) is 11.5 Å². The maximum absolute atomic E-state index is 12.6. The van der Waals surface area contributed by atoms with E-state index in [1.807, 2.05) is 11.0 Å². The average molecular weight is 305 g/mol. The molecular weight excluding hydrogens is 278 g/mol. The predicted octanol–water partition coefficient (Wildman–Crippen LogP) is 3.98. The highest BCUT2D eigenvalue weighted by molar-refractivity contribution is 5.75. The van der Waals surface area contributed by atoms with Crippen molar-refractivity contribution in [3.05, 3.63) is 17.5 Å². The minimum absolute atomic E-state index is 0.0693. The molecule has 0 aromatic carbocycles. The van der Waals surface area contributed by atoms with E-state index in [0.717, 1.165) is 43.7 Å². The second-order valence-corrected chi connectivity index (χ2v) is 6.94. The Morgan fingerprint density at radius 1 is 1.27 bits per heavy atom. The van der Waals surface area contributed by atoms with E-state index in [4.69, 9.17) is 4.52 Å². The summed E-state index contributed by atoms with van der Waals surface area (Å²) in [5, 5.41) is 7.42. The van der Waals surface area contributed by atoms with Gasteiger partial charge < -0.3 is 14.7 Å². The summed E-state index contributed by atoms with van der Waals surface area (Å²) in [7, 11) is 0. The molecule has 0 bridgehead atoms. The van der Waals surface area contributed by atoms with Crippen molar-refractivity contribution in [1.82, 2.24) is 15.4 Å². The molecule has 0 radical (unpaired) electrons. The number of nitrogens with zero attached hydrogens (tertiary/aromatic N) is 2. The van der Waals surface area contributed by atoms with E-state index in [1.165, 1.54) is 19.3 Å². The van der Waals surface area contributed by atoms with Crippen molar-refractivity contribution in [2.45, 2.75) is 76.8 Å². The van der Waals surface area contributed by atoms with E-state index in [0.29, 0.717) is 12.0 Å². The van der Waals surface area contributed by atoms with Gasteiger partial charge in [-0.05, 0) is 25.7 Å². The summed E-state index contributed by atoms with van der Waals surface area (Å²) in [5.74, 6) is 1.22. The molecule has 2 amide bonds. The van der Waals surface area contributed by atoms with E-state index in [1.54, 1.807) is 0 Å². The summed E-state index contributed by atoms with van der Waals surface area (Å²) in [6, 6.07) is 2.51. The molecule has 5 nitrogen and oxygen atoms in total. The van der Waals surface area contributed by atoms with Crippen LogP contribution in [0, 0.1) is 0 Å². The summed E-state index contributed by atoms with van der Waals surface area (Å²) in [5.41, 5.74) is 0.903. The maximum Gasteiger partial charge on any atom is 0.318 e. The first-order valence-electron chi connectivity index (χ1n) is 8.69. The minimum Gasteiger partial charge on any atom is -0.361 e. The van der Waals surface area contributed by atoms with Crippen LogP contribution < -0.4 is 5.32 Å². The largest absolute Gasteiger partial charge is 0.361 e. The Morgan fingerprint density at radius 3 is 2.73 bits per heavy atom. The lowest BCUT2D eigenvalue weighted by Crippen LogP contribution is -2.45. The Morgan fingerprint density at radius 2 is 2.05 bits per heavy atom. The SMILES string of the molecule is CC(C)c1cc(C2CCCN2C(=O)NC2CCCCC2)no1. The Balaban J connectivity index is 1.65. The van der Waals surface area contributed by atoms with Crippen molar-refractivity contribution < 1.29 is 9.32 Å². The van der Waals surface area contributed by atoms with Crippen LogP contribution in [0.15, 0.2) is 10.6 Å². The van der Waals surface area contributed by atoms with Gasteiger partial charge in [-0.2, -0.15) is 0 Å². The number of hydrogen-bond donors (Lipinski definition) is 1. The van der Waals surface area contributed by atoms with E-state index < -0.39 is 0 Å². The van der Waals surface area contributed by atoms with Gasteiger partial charge >= 0.3 is 6.03 Å². The van der Waals surface area contributed by atoms with Crippen LogP contribution in [0.3, 0.4) is 0 Å². The third-order valence-electron chi connectivity index (χ3n) is 4.90. The van der Waals surface area contributed by atoms with Crippen LogP contribution in [-0.2, 0) is 0 Å². The summed E-state index contributed by atoms with van der Waals surface area (Å²) in [4.78, 5) is 14.5. The van der Waals surface area contributed by atoms with Crippen LogP contribution in [-0.4, -0.2) is 28.7 Å². The second-order valence-electron chi connectivity index (χ2n) is 6.94. The molecule has 3 rings (SSSR count). The average Bonchev–Trinajstić information content (AvgIpc) is 3.17. The molecule has 22 heavy (non-hydrogen) atoms. The Hall–Kier alpha value is -1.52. The molecule has 1 N–H and O–H groups in total. The molecular formula is C17H27N3O2. The Labute approximate surface area is 132 Å². The molecule has 1 aromatic heterocycles. The number of carbonyl (C=O) groups is 1. The lowest BCUT2D eigenvalue weighted by Gasteiger charge is -2.28. The lowest BCUT2D eigenvalue weighted by molar-refractivity contribution is 0.183. The van der Waals surface area contributed by atoms with Gasteiger partial charge in [0.2, 0.25) is 0 Å². The zero-order valence-electron chi connectivity index (χ0n) is 13.7. The molecule has 0 spiro atoms. The molecule has 2 fully saturated rings. The first kappa shape index (κ1) is 15.4. The minimum atomic E-state index is 0.0693. The summed E-state index contributed by atoms with van der Waals surface area (Å²) >= 11 is 0. The molecule has 122 valence electrons. The fourth-order valence-corrected chi connectivity index (χ4v) is 3.55. The van der Waals surface area contributed by atoms with Crippen LogP contribution in [0.25, 0.3) is 0 Å². The normalized spacial score (nSPS) is 23.2. The maximum atomic E-state index is 12.6. The van der Waals surface area contributed by atoms with E-state index in [2.05, 4.69) is 24.3 Å². The zero-order chi connectivity index (χ0) is 15.5. The highest BCUT2D eigenvalue weighted by Crippen LogP contribution is 2.33. The van der Waals surface area contributed by atoms with Crippen molar-refractivity contribution in [1.29, 1.82) is 0 Å². The molecule has 5 heteroatoms. The van der Waals surface area contributed by atoms with Gasteiger partial charge in [0.25, 0.3) is 0 Å².